The number of halogens is 6. The summed E-state index contributed by atoms with van der Waals surface area (Å²) in [7, 11) is 0. The number of benzene rings is 1. The summed E-state index contributed by atoms with van der Waals surface area (Å²) in [5.41, 5.74) is 0. The van der Waals surface area contributed by atoms with Crippen molar-refractivity contribution in [2.24, 2.45) is 0 Å². The minimum atomic E-state index is -0.363. The molecule has 79 valence electrons. The molecular formula is C6H2Cl5FOTa. The zero-order chi connectivity index (χ0) is 9.46. The van der Waals surface area contributed by atoms with Gasteiger partial charge in [-0.1, -0.05) is 58.0 Å². The third-order valence-electron chi connectivity index (χ3n) is 1.19. The zero-order valence-corrected chi connectivity index (χ0v) is 13.2. The predicted molar refractivity (Wildman–Crippen MR) is 55.7 cm³/mol. The molecule has 14 heavy (non-hydrogen) atoms. The van der Waals surface area contributed by atoms with Gasteiger partial charge in [0, 0.05) is 22.4 Å². The first-order chi connectivity index (χ1) is 5.46. The number of aromatic hydroxyl groups is 1. The van der Waals surface area contributed by atoms with Gasteiger partial charge in [-0.2, -0.15) is 0 Å². The average Bonchev–Trinajstić information content (AvgIpc) is 2.08. The smallest absolute Gasteiger partial charge is 0.155 e. The maximum absolute atomic E-state index is 9.20. The molecule has 1 nitrogen and oxygen atoms in total. The second kappa shape index (κ2) is 6.66. The molecule has 0 aromatic heterocycles. The van der Waals surface area contributed by atoms with Gasteiger partial charge in [-0.05, 0) is 0 Å². The molecule has 0 atom stereocenters. The standard InChI is InChI=1S/C6HCl5O.FH.Ta/c7-1-2(8)4(10)6(12)5(11)3(1)9;;/h12H;1H;. The van der Waals surface area contributed by atoms with Crippen LogP contribution in [0.25, 0.3) is 0 Å². The van der Waals surface area contributed by atoms with Crippen LogP contribution in [-0.2, 0) is 22.4 Å². The molecule has 1 N–H and O–H groups in total. The van der Waals surface area contributed by atoms with Crippen LogP contribution in [0.15, 0.2) is 0 Å². The minimum absolute atomic E-state index is 0. The first-order valence-corrected chi connectivity index (χ1v) is 4.56. The largest absolute Gasteiger partial charge is 0.505 e. The Labute approximate surface area is 120 Å². The third kappa shape index (κ3) is 3.06. The van der Waals surface area contributed by atoms with Crippen LogP contribution < -0.4 is 0 Å². The summed E-state index contributed by atoms with van der Waals surface area (Å²) >= 11 is 27.9. The van der Waals surface area contributed by atoms with Gasteiger partial charge in [-0.3, -0.25) is 4.70 Å². The van der Waals surface area contributed by atoms with Gasteiger partial charge in [0.2, 0.25) is 0 Å². The molecule has 1 rings (SSSR count). The van der Waals surface area contributed by atoms with Crippen LogP contribution in [0.1, 0.15) is 0 Å². The molecule has 0 aliphatic heterocycles. The summed E-state index contributed by atoms with van der Waals surface area (Å²) in [5.74, 6) is -0.363. The Hall–Kier alpha value is 1.14. The third-order valence-corrected chi connectivity index (χ3v) is 3.44. The maximum atomic E-state index is 9.20. The van der Waals surface area contributed by atoms with E-state index in [1.54, 1.807) is 0 Å². The van der Waals surface area contributed by atoms with E-state index in [0.29, 0.717) is 0 Å². The Morgan fingerprint density at radius 3 is 1.14 bits per heavy atom. The Balaban J connectivity index is 0. The van der Waals surface area contributed by atoms with Crippen LogP contribution in [0, 0.1) is 0 Å². The molecule has 0 amide bonds. The van der Waals surface area contributed by atoms with Crippen molar-refractivity contribution in [3.63, 3.8) is 0 Å². The molecule has 0 bridgehead atoms. The predicted octanol–water partition coefficient (Wildman–Crippen LogP) is 4.81. The normalized spacial score (nSPS) is 8.93. The summed E-state index contributed by atoms with van der Waals surface area (Å²) in [4.78, 5) is 0. The molecular weight excluding hydrogens is 465 g/mol. The molecule has 1 aromatic rings. The summed E-state index contributed by atoms with van der Waals surface area (Å²) in [6.45, 7) is 0. The SMILES string of the molecule is F.Oc1c(Cl)c(Cl)c(Cl)c(Cl)c1Cl.[Ta]. The summed E-state index contributed by atoms with van der Waals surface area (Å²) in [6.07, 6.45) is 0. The van der Waals surface area contributed by atoms with Crippen molar-refractivity contribution in [3.8, 4) is 5.75 Å². The van der Waals surface area contributed by atoms with Crippen LogP contribution in [-0.4, -0.2) is 5.11 Å². The van der Waals surface area contributed by atoms with Crippen molar-refractivity contribution in [2.45, 2.75) is 0 Å². The molecule has 1 radical (unpaired) electrons. The number of rotatable bonds is 0. The summed E-state index contributed by atoms with van der Waals surface area (Å²) in [5, 5.41) is 9.01. The van der Waals surface area contributed by atoms with E-state index < -0.39 is 0 Å². The van der Waals surface area contributed by atoms with Crippen molar-refractivity contribution in [1.82, 2.24) is 0 Å². The number of phenolic OH excluding ortho intramolecular Hbond substituents is 1. The number of hydrogen-bond donors (Lipinski definition) is 1. The average molecular weight is 467 g/mol. The van der Waals surface area contributed by atoms with Crippen molar-refractivity contribution in [3.05, 3.63) is 25.1 Å². The molecule has 0 fully saturated rings. The number of phenols is 1. The second-order valence-electron chi connectivity index (χ2n) is 1.92. The van der Waals surface area contributed by atoms with E-state index in [0.717, 1.165) is 0 Å². The first kappa shape index (κ1) is 17.5. The maximum Gasteiger partial charge on any atom is 0.155 e. The first-order valence-electron chi connectivity index (χ1n) is 2.67. The van der Waals surface area contributed by atoms with Crippen molar-refractivity contribution < 1.29 is 32.2 Å². The molecule has 1 aromatic carbocycles. The van der Waals surface area contributed by atoms with Crippen LogP contribution in [0.5, 0.6) is 5.75 Å². The van der Waals surface area contributed by atoms with Crippen LogP contribution in [0.2, 0.25) is 25.1 Å². The molecule has 0 unspecified atom stereocenters. The van der Waals surface area contributed by atoms with Gasteiger partial charge in [0.05, 0.1) is 15.1 Å². The van der Waals surface area contributed by atoms with Crippen molar-refractivity contribution >= 4 is 58.0 Å². The van der Waals surface area contributed by atoms with E-state index in [2.05, 4.69) is 0 Å². The van der Waals surface area contributed by atoms with Gasteiger partial charge in [0.1, 0.15) is 10.0 Å². The molecule has 0 aliphatic carbocycles. The van der Waals surface area contributed by atoms with E-state index in [-0.39, 0.29) is 57.9 Å². The quantitative estimate of drug-likeness (QED) is 0.429. The van der Waals surface area contributed by atoms with E-state index in [9.17, 15) is 5.11 Å². The Morgan fingerprint density at radius 2 is 0.857 bits per heavy atom. The zero-order valence-electron chi connectivity index (χ0n) is 6.19. The van der Waals surface area contributed by atoms with Gasteiger partial charge < -0.3 is 5.11 Å². The summed E-state index contributed by atoms with van der Waals surface area (Å²) < 4.78 is 0. The number of hydrogen-bond acceptors (Lipinski definition) is 1. The molecule has 0 spiro atoms. The van der Waals surface area contributed by atoms with Gasteiger partial charge in [0.25, 0.3) is 0 Å². The van der Waals surface area contributed by atoms with Crippen LogP contribution >= 0.6 is 58.0 Å². The Kier molecular flexibility index (Phi) is 8.35. The summed E-state index contributed by atoms with van der Waals surface area (Å²) in [6, 6.07) is 0. The molecule has 0 saturated heterocycles. The Bertz CT molecular complexity index is 240. The van der Waals surface area contributed by atoms with Crippen LogP contribution in [0.3, 0.4) is 0 Å². The molecule has 0 saturated carbocycles. The van der Waals surface area contributed by atoms with Crippen molar-refractivity contribution in [2.75, 3.05) is 0 Å². The van der Waals surface area contributed by atoms with E-state index in [1.807, 2.05) is 0 Å². The van der Waals surface area contributed by atoms with E-state index in [1.165, 1.54) is 0 Å². The fourth-order valence-electron chi connectivity index (χ4n) is 0.593. The van der Waals surface area contributed by atoms with Gasteiger partial charge in [0.15, 0.2) is 5.75 Å². The van der Waals surface area contributed by atoms with Gasteiger partial charge >= 0.3 is 0 Å². The fourth-order valence-corrected chi connectivity index (χ4v) is 1.72. The molecule has 0 heterocycles. The molecule has 0 aliphatic rings. The van der Waals surface area contributed by atoms with Gasteiger partial charge in [-0.15, -0.1) is 0 Å². The van der Waals surface area contributed by atoms with Crippen LogP contribution in [0.4, 0.5) is 4.70 Å². The second-order valence-corrected chi connectivity index (χ2v) is 3.81. The van der Waals surface area contributed by atoms with E-state index in [4.69, 9.17) is 58.0 Å². The fraction of sp³-hybridized carbons (Fsp3) is 0. The Morgan fingerprint density at radius 1 is 0.643 bits per heavy atom. The molecule has 8 heteroatoms. The topological polar surface area (TPSA) is 20.2 Å². The van der Waals surface area contributed by atoms with E-state index >= 15 is 0 Å². The van der Waals surface area contributed by atoms with Crippen molar-refractivity contribution in [1.29, 1.82) is 0 Å². The minimum Gasteiger partial charge on any atom is -0.505 e. The monoisotopic (exact) mass is 465 g/mol. The van der Waals surface area contributed by atoms with Gasteiger partial charge in [-0.25, -0.2) is 0 Å².